The fraction of sp³-hybridized carbons (Fsp3) is 0.417. The van der Waals surface area contributed by atoms with Crippen LogP contribution < -0.4 is 11.1 Å². The first-order valence-corrected chi connectivity index (χ1v) is 5.50. The summed E-state index contributed by atoms with van der Waals surface area (Å²) in [6.07, 6.45) is 0. The Bertz CT molecular complexity index is 368. The van der Waals surface area contributed by atoms with Crippen molar-refractivity contribution in [2.75, 3.05) is 5.32 Å². The minimum absolute atomic E-state index is 0.185. The lowest BCUT2D eigenvalue weighted by Crippen LogP contribution is -2.45. The molecule has 0 heterocycles. The molecule has 0 fully saturated rings. The van der Waals surface area contributed by atoms with E-state index in [9.17, 15) is 4.79 Å². The van der Waals surface area contributed by atoms with Crippen LogP contribution in [0.2, 0.25) is 5.02 Å². The third-order valence-electron chi connectivity index (χ3n) is 2.33. The largest absolute Gasteiger partial charge is 0.325 e. The third kappa shape index (κ3) is 3.51. The molecular weight excluding hydrogens is 224 g/mol. The van der Waals surface area contributed by atoms with E-state index in [-0.39, 0.29) is 11.3 Å². The molecule has 1 aromatic rings. The molecule has 1 aromatic carbocycles. The first-order chi connectivity index (χ1) is 7.30. The summed E-state index contributed by atoms with van der Waals surface area (Å²) in [4.78, 5) is 11.8. The van der Waals surface area contributed by atoms with Gasteiger partial charge in [-0.3, -0.25) is 4.79 Å². The standard InChI is InChI=1S/C12H17ClN2O/c1-12(2,3)10(14)11(16)15-9-6-4-8(13)5-7-9/h4-7,10H,14H2,1-3H3,(H,15,16). The molecule has 0 saturated carbocycles. The number of carbonyl (C=O) groups excluding carboxylic acids is 1. The number of halogens is 1. The van der Waals surface area contributed by atoms with Crippen LogP contribution in [0.1, 0.15) is 20.8 Å². The van der Waals surface area contributed by atoms with Crippen molar-refractivity contribution in [1.29, 1.82) is 0 Å². The number of hydrogen-bond donors (Lipinski definition) is 2. The topological polar surface area (TPSA) is 55.1 Å². The SMILES string of the molecule is CC(C)(C)C(N)C(=O)Nc1ccc(Cl)cc1. The highest BCUT2D eigenvalue weighted by Crippen LogP contribution is 2.19. The van der Waals surface area contributed by atoms with Crippen LogP contribution in [0.25, 0.3) is 0 Å². The molecule has 0 bridgehead atoms. The Kier molecular flexibility index (Phi) is 3.94. The number of hydrogen-bond acceptors (Lipinski definition) is 2. The average molecular weight is 241 g/mol. The molecular formula is C12H17ClN2O. The van der Waals surface area contributed by atoms with E-state index in [0.717, 1.165) is 0 Å². The predicted molar refractivity (Wildman–Crippen MR) is 67.5 cm³/mol. The summed E-state index contributed by atoms with van der Waals surface area (Å²) in [5.41, 5.74) is 6.28. The molecule has 0 aliphatic rings. The van der Waals surface area contributed by atoms with Crippen molar-refractivity contribution >= 4 is 23.2 Å². The van der Waals surface area contributed by atoms with Gasteiger partial charge in [0.05, 0.1) is 6.04 Å². The number of nitrogens with two attached hydrogens (primary N) is 1. The minimum Gasteiger partial charge on any atom is -0.325 e. The Balaban J connectivity index is 2.68. The van der Waals surface area contributed by atoms with Crippen molar-refractivity contribution in [2.45, 2.75) is 26.8 Å². The molecule has 1 amide bonds. The highest BCUT2D eigenvalue weighted by Gasteiger charge is 2.27. The minimum atomic E-state index is -0.539. The maximum Gasteiger partial charge on any atom is 0.241 e. The molecule has 88 valence electrons. The van der Waals surface area contributed by atoms with Crippen LogP contribution in [0.5, 0.6) is 0 Å². The summed E-state index contributed by atoms with van der Waals surface area (Å²) in [5.74, 6) is -0.185. The van der Waals surface area contributed by atoms with Gasteiger partial charge >= 0.3 is 0 Å². The number of benzene rings is 1. The second kappa shape index (κ2) is 4.85. The molecule has 16 heavy (non-hydrogen) atoms. The monoisotopic (exact) mass is 240 g/mol. The lowest BCUT2D eigenvalue weighted by Gasteiger charge is -2.25. The average Bonchev–Trinajstić information content (AvgIpc) is 2.19. The summed E-state index contributed by atoms with van der Waals surface area (Å²) in [5, 5.41) is 3.39. The summed E-state index contributed by atoms with van der Waals surface area (Å²) in [6.45, 7) is 5.79. The van der Waals surface area contributed by atoms with Gasteiger partial charge < -0.3 is 11.1 Å². The fourth-order valence-electron chi connectivity index (χ4n) is 1.15. The van der Waals surface area contributed by atoms with Crippen LogP contribution in [0, 0.1) is 5.41 Å². The molecule has 1 unspecified atom stereocenters. The Morgan fingerprint density at radius 1 is 1.31 bits per heavy atom. The van der Waals surface area contributed by atoms with Gasteiger partial charge in [-0.15, -0.1) is 0 Å². The summed E-state index contributed by atoms with van der Waals surface area (Å²) in [6, 6.07) is 6.40. The second-order valence-electron chi connectivity index (χ2n) is 4.84. The summed E-state index contributed by atoms with van der Waals surface area (Å²) in [7, 11) is 0. The van der Waals surface area contributed by atoms with Crippen molar-refractivity contribution in [3.63, 3.8) is 0 Å². The molecule has 3 N–H and O–H groups in total. The lowest BCUT2D eigenvalue weighted by atomic mass is 9.87. The van der Waals surface area contributed by atoms with Gasteiger partial charge in [0.15, 0.2) is 0 Å². The zero-order valence-corrected chi connectivity index (χ0v) is 10.5. The van der Waals surface area contributed by atoms with Gasteiger partial charge in [-0.25, -0.2) is 0 Å². The first-order valence-electron chi connectivity index (χ1n) is 5.13. The van der Waals surface area contributed by atoms with Gasteiger partial charge in [-0.05, 0) is 29.7 Å². The van der Waals surface area contributed by atoms with Gasteiger partial charge in [0.2, 0.25) is 5.91 Å². The predicted octanol–water partition coefficient (Wildman–Crippen LogP) is 2.65. The zero-order valence-electron chi connectivity index (χ0n) is 9.75. The highest BCUT2D eigenvalue weighted by atomic mass is 35.5. The number of anilines is 1. The van der Waals surface area contributed by atoms with E-state index in [1.54, 1.807) is 24.3 Å². The molecule has 1 rings (SSSR count). The molecule has 0 radical (unpaired) electrons. The lowest BCUT2D eigenvalue weighted by molar-refractivity contribution is -0.119. The molecule has 0 saturated heterocycles. The van der Waals surface area contributed by atoms with Gasteiger partial charge in [0, 0.05) is 10.7 Å². The first kappa shape index (κ1) is 13.0. The third-order valence-corrected chi connectivity index (χ3v) is 2.58. The maximum atomic E-state index is 11.8. The van der Waals surface area contributed by atoms with E-state index in [1.165, 1.54) is 0 Å². The molecule has 0 aliphatic carbocycles. The number of rotatable bonds is 2. The Morgan fingerprint density at radius 3 is 2.25 bits per heavy atom. The normalized spacial score (nSPS) is 13.3. The fourth-order valence-corrected chi connectivity index (χ4v) is 1.27. The van der Waals surface area contributed by atoms with Crippen LogP contribution in [0.4, 0.5) is 5.69 Å². The number of nitrogens with one attached hydrogen (secondary N) is 1. The maximum absolute atomic E-state index is 11.8. The van der Waals surface area contributed by atoms with Crippen LogP contribution in [0.3, 0.4) is 0 Å². The van der Waals surface area contributed by atoms with Gasteiger partial charge in [-0.1, -0.05) is 32.4 Å². The second-order valence-corrected chi connectivity index (χ2v) is 5.28. The number of carbonyl (C=O) groups is 1. The van der Waals surface area contributed by atoms with Crippen molar-refractivity contribution < 1.29 is 4.79 Å². The summed E-state index contributed by atoms with van der Waals surface area (Å²) >= 11 is 5.75. The van der Waals surface area contributed by atoms with Gasteiger partial charge in [-0.2, -0.15) is 0 Å². The quantitative estimate of drug-likeness (QED) is 0.835. The highest BCUT2D eigenvalue weighted by molar-refractivity contribution is 6.30. The van der Waals surface area contributed by atoms with Crippen molar-refractivity contribution in [1.82, 2.24) is 0 Å². The van der Waals surface area contributed by atoms with E-state index in [2.05, 4.69) is 5.32 Å². The van der Waals surface area contributed by atoms with Gasteiger partial charge in [0.1, 0.15) is 0 Å². The van der Waals surface area contributed by atoms with E-state index in [0.29, 0.717) is 10.7 Å². The van der Waals surface area contributed by atoms with Crippen molar-refractivity contribution in [3.8, 4) is 0 Å². The van der Waals surface area contributed by atoms with Crippen molar-refractivity contribution in [3.05, 3.63) is 29.3 Å². The van der Waals surface area contributed by atoms with Crippen LogP contribution >= 0.6 is 11.6 Å². The van der Waals surface area contributed by atoms with Gasteiger partial charge in [0.25, 0.3) is 0 Å². The van der Waals surface area contributed by atoms with Crippen molar-refractivity contribution in [2.24, 2.45) is 11.1 Å². The molecule has 1 atom stereocenters. The van der Waals surface area contributed by atoms with E-state index < -0.39 is 6.04 Å². The smallest absolute Gasteiger partial charge is 0.241 e. The Hall–Kier alpha value is -1.06. The molecule has 3 nitrogen and oxygen atoms in total. The Morgan fingerprint density at radius 2 is 1.81 bits per heavy atom. The van der Waals surface area contributed by atoms with Crippen LogP contribution in [0.15, 0.2) is 24.3 Å². The molecule has 0 aromatic heterocycles. The van der Waals surface area contributed by atoms with Crippen LogP contribution in [-0.4, -0.2) is 11.9 Å². The van der Waals surface area contributed by atoms with E-state index >= 15 is 0 Å². The summed E-state index contributed by atoms with van der Waals surface area (Å²) < 4.78 is 0. The van der Waals surface area contributed by atoms with E-state index in [1.807, 2.05) is 20.8 Å². The number of amides is 1. The molecule has 4 heteroatoms. The zero-order chi connectivity index (χ0) is 12.3. The van der Waals surface area contributed by atoms with E-state index in [4.69, 9.17) is 17.3 Å². The molecule has 0 aliphatic heterocycles. The van der Waals surface area contributed by atoms with Crippen LogP contribution in [-0.2, 0) is 4.79 Å². The molecule has 0 spiro atoms. The Labute approximate surface area is 101 Å².